The summed E-state index contributed by atoms with van der Waals surface area (Å²) in [5, 5.41) is 0.681. The molecule has 18 heavy (non-hydrogen) atoms. The van der Waals surface area contributed by atoms with E-state index in [-0.39, 0.29) is 0 Å². The number of alkyl halides is 1. The van der Waals surface area contributed by atoms with Crippen molar-refractivity contribution in [1.29, 1.82) is 0 Å². The summed E-state index contributed by atoms with van der Waals surface area (Å²) >= 11 is 12.2. The SMILES string of the molecule is ClCc1c(Cl)cccc1-n1cnc2ccccc21. The van der Waals surface area contributed by atoms with Crippen molar-refractivity contribution in [3.05, 3.63) is 59.4 Å². The molecule has 1 aromatic heterocycles. The average molecular weight is 277 g/mol. The third-order valence-corrected chi connectivity index (χ3v) is 3.56. The van der Waals surface area contributed by atoms with E-state index in [0.717, 1.165) is 22.3 Å². The van der Waals surface area contributed by atoms with Crippen molar-refractivity contribution in [3.8, 4) is 5.69 Å². The van der Waals surface area contributed by atoms with Crippen molar-refractivity contribution in [2.75, 3.05) is 0 Å². The molecule has 0 radical (unpaired) electrons. The molecule has 3 rings (SSSR count). The molecule has 4 heteroatoms. The van der Waals surface area contributed by atoms with Gasteiger partial charge in [0.2, 0.25) is 0 Å². The Kier molecular flexibility index (Phi) is 2.98. The van der Waals surface area contributed by atoms with Crippen LogP contribution in [0.4, 0.5) is 0 Å². The second kappa shape index (κ2) is 4.63. The van der Waals surface area contributed by atoms with Crippen LogP contribution in [0.25, 0.3) is 16.7 Å². The first-order chi connectivity index (χ1) is 8.81. The van der Waals surface area contributed by atoms with Gasteiger partial charge in [0.25, 0.3) is 0 Å². The molecule has 0 amide bonds. The molecule has 0 N–H and O–H groups in total. The molecule has 3 aromatic rings. The predicted molar refractivity (Wildman–Crippen MR) is 75.6 cm³/mol. The number of benzene rings is 2. The van der Waals surface area contributed by atoms with E-state index in [1.54, 1.807) is 6.33 Å². The zero-order valence-electron chi connectivity index (χ0n) is 9.48. The van der Waals surface area contributed by atoms with Gasteiger partial charge in [-0.3, -0.25) is 4.57 Å². The van der Waals surface area contributed by atoms with Gasteiger partial charge in [-0.2, -0.15) is 0 Å². The first-order valence-corrected chi connectivity index (χ1v) is 6.48. The summed E-state index contributed by atoms with van der Waals surface area (Å²) < 4.78 is 2.01. The van der Waals surface area contributed by atoms with E-state index >= 15 is 0 Å². The van der Waals surface area contributed by atoms with Crippen LogP contribution in [0, 0.1) is 0 Å². The average Bonchev–Trinajstić information content (AvgIpc) is 2.82. The fraction of sp³-hybridized carbons (Fsp3) is 0.0714. The highest BCUT2D eigenvalue weighted by atomic mass is 35.5. The third-order valence-electron chi connectivity index (χ3n) is 2.94. The maximum Gasteiger partial charge on any atom is 0.100 e. The fourth-order valence-corrected chi connectivity index (χ4v) is 2.64. The lowest BCUT2D eigenvalue weighted by atomic mass is 10.2. The van der Waals surface area contributed by atoms with Gasteiger partial charge in [-0.05, 0) is 24.3 Å². The van der Waals surface area contributed by atoms with Gasteiger partial charge in [0.05, 0.1) is 22.6 Å². The van der Waals surface area contributed by atoms with Crippen molar-refractivity contribution in [2.24, 2.45) is 0 Å². The number of hydrogen-bond donors (Lipinski definition) is 0. The minimum Gasteiger partial charge on any atom is -0.298 e. The largest absolute Gasteiger partial charge is 0.298 e. The number of fused-ring (bicyclic) bond motifs is 1. The Morgan fingerprint density at radius 1 is 1.06 bits per heavy atom. The molecule has 0 aliphatic heterocycles. The molecule has 1 heterocycles. The molecule has 0 aliphatic carbocycles. The number of hydrogen-bond acceptors (Lipinski definition) is 1. The maximum absolute atomic E-state index is 6.18. The van der Waals surface area contributed by atoms with E-state index < -0.39 is 0 Å². The van der Waals surface area contributed by atoms with E-state index in [2.05, 4.69) is 4.98 Å². The van der Waals surface area contributed by atoms with Crippen molar-refractivity contribution in [1.82, 2.24) is 9.55 Å². The first kappa shape index (κ1) is 11.6. The molecule has 0 spiro atoms. The van der Waals surface area contributed by atoms with Crippen LogP contribution >= 0.6 is 23.2 Å². The van der Waals surface area contributed by atoms with Gasteiger partial charge in [-0.25, -0.2) is 4.98 Å². The van der Waals surface area contributed by atoms with Crippen LogP contribution in [-0.2, 0) is 5.88 Å². The Labute approximate surface area is 115 Å². The van der Waals surface area contributed by atoms with E-state index in [1.807, 2.05) is 47.0 Å². The number of imidazole rings is 1. The molecule has 2 nitrogen and oxygen atoms in total. The number of rotatable bonds is 2. The van der Waals surface area contributed by atoms with Gasteiger partial charge < -0.3 is 0 Å². The van der Waals surface area contributed by atoms with Crippen LogP contribution in [0.1, 0.15) is 5.56 Å². The summed E-state index contributed by atoms with van der Waals surface area (Å²) in [4.78, 5) is 4.38. The maximum atomic E-state index is 6.18. The Morgan fingerprint density at radius 2 is 1.89 bits per heavy atom. The summed E-state index contributed by atoms with van der Waals surface area (Å²) in [6.07, 6.45) is 1.80. The van der Waals surface area contributed by atoms with Gasteiger partial charge in [0.15, 0.2) is 0 Å². The zero-order chi connectivity index (χ0) is 12.5. The van der Waals surface area contributed by atoms with E-state index in [9.17, 15) is 0 Å². The van der Waals surface area contributed by atoms with Crippen LogP contribution in [0.5, 0.6) is 0 Å². The smallest absolute Gasteiger partial charge is 0.100 e. The van der Waals surface area contributed by atoms with E-state index in [1.165, 1.54) is 0 Å². The van der Waals surface area contributed by atoms with Crippen molar-refractivity contribution in [3.63, 3.8) is 0 Å². The number of nitrogens with zero attached hydrogens (tertiary/aromatic N) is 2. The molecule has 0 saturated heterocycles. The molecule has 2 aromatic carbocycles. The topological polar surface area (TPSA) is 17.8 Å². The second-order valence-electron chi connectivity index (χ2n) is 3.97. The Morgan fingerprint density at radius 3 is 2.72 bits per heavy atom. The van der Waals surface area contributed by atoms with Gasteiger partial charge in [-0.15, -0.1) is 11.6 Å². The lowest BCUT2D eigenvalue weighted by Crippen LogP contribution is -1.97. The van der Waals surface area contributed by atoms with Crippen LogP contribution < -0.4 is 0 Å². The highest BCUT2D eigenvalue weighted by molar-refractivity contribution is 6.32. The van der Waals surface area contributed by atoms with Crippen LogP contribution in [0.3, 0.4) is 0 Å². The first-order valence-electron chi connectivity index (χ1n) is 5.57. The summed E-state index contributed by atoms with van der Waals surface area (Å²) in [6.45, 7) is 0. The molecule has 0 fully saturated rings. The standard InChI is InChI=1S/C14H10Cl2N2/c15-8-10-11(16)4-3-7-13(10)18-9-17-12-5-1-2-6-14(12)18/h1-7,9H,8H2. The minimum atomic E-state index is 0.377. The normalized spacial score (nSPS) is 11.0. The lowest BCUT2D eigenvalue weighted by Gasteiger charge is -2.10. The summed E-state index contributed by atoms with van der Waals surface area (Å²) in [6, 6.07) is 13.7. The number of aromatic nitrogens is 2. The van der Waals surface area contributed by atoms with Crippen molar-refractivity contribution >= 4 is 34.2 Å². The number of halogens is 2. The molecular weight excluding hydrogens is 267 g/mol. The predicted octanol–water partition coefficient (Wildman–Crippen LogP) is 4.42. The van der Waals surface area contributed by atoms with Crippen molar-refractivity contribution in [2.45, 2.75) is 5.88 Å². The monoisotopic (exact) mass is 276 g/mol. The highest BCUT2D eigenvalue weighted by Crippen LogP contribution is 2.27. The van der Waals surface area contributed by atoms with Gasteiger partial charge in [-0.1, -0.05) is 29.8 Å². The highest BCUT2D eigenvalue weighted by Gasteiger charge is 2.10. The minimum absolute atomic E-state index is 0.377. The Hall–Kier alpha value is -1.51. The van der Waals surface area contributed by atoms with Crippen LogP contribution in [0.2, 0.25) is 5.02 Å². The molecule has 0 unspecified atom stereocenters. The van der Waals surface area contributed by atoms with E-state index in [4.69, 9.17) is 23.2 Å². The van der Waals surface area contributed by atoms with Gasteiger partial charge in [0.1, 0.15) is 6.33 Å². The summed E-state index contributed by atoms with van der Waals surface area (Å²) in [5.74, 6) is 0.377. The molecule has 0 saturated carbocycles. The molecule has 0 bridgehead atoms. The Bertz CT molecular complexity index is 704. The quantitative estimate of drug-likeness (QED) is 0.634. The molecule has 0 aliphatic rings. The number of para-hydroxylation sites is 2. The van der Waals surface area contributed by atoms with Crippen LogP contribution in [-0.4, -0.2) is 9.55 Å². The summed E-state index contributed by atoms with van der Waals surface area (Å²) in [7, 11) is 0. The van der Waals surface area contributed by atoms with Crippen LogP contribution in [0.15, 0.2) is 48.8 Å². The van der Waals surface area contributed by atoms with Gasteiger partial charge in [0, 0.05) is 10.6 Å². The fourth-order valence-electron chi connectivity index (χ4n) is 2.06. The molecule has 0 atom stereocenters. The third kappa shape index (κ3) is 1.78. The zero-order valence-corrected chi connectivity index (χ0v) is 11.0. The molecular formula is C14H10Cl2N2. The Balaban J connectivity index is 2.30. The van der Waals surface area contributed by atoms with Gasteiger partial charge >= 0.3 is 0 Å². The molecule has 90 valence electrons. The second-order valence-corrected chi connectivity index (χ2v) is 4.65. The van der Waals surface area contributed by atoms with Crippen molar-refractivity contribution < 1.29 is 0 Å². The van der Waals surface area contributed by atoms with E-state index in [0.29, 0.717) is 10.9 Å². The lowest BCUT2D eigenvalue weighted by molar-refractivity contribution is 1.07. The summed E-state index contributed by atoms with van der Waals surface area (Å²) in [5.41, 5.74) is 3.90.